The maximum absolute atomic E-state index is 12.1. The van der Waals surface area contributed by atoms with E-state index >= 15 is 0 Å². The Bertz CT molecular complexity index is 712. The van der Waals surface area contributed by atoms with E-state index in [1.165, 1.54) is 12.1 Å². The van der Waals surface area contributed by atoms with Gasteiger partial charge in [-0.05, 0) is 46.8 Å². The average Bonchev–Trinajstić information content (AvgIpc) is 2.72. The van der Waals surface area contributed by atoms with Gasteiger partial charge in [-0.25, -0.2) is 0 Å². The molecule has 0 bridgehead atoms. The number of alkyl halides is 1. The number of benzene rings is 1. The minimum Gasteiger partial charge on any atom is -0.402 e. The number of aryl methyl sites for hydroxylation is 1. The first-order valence-corrected chi connectivity index (χ1v) is 9.91. The van der Waals surface area contributed by atoms with Crippen molar-refractivity contribution in [3.05, 3.63) is 42.0 Å². The summed E-state index contributed by atoms with van der Waals surface area (Å²) in [6, 6.07) is 6.48. The van der Waals surface area contributed by atoms with Gasteiger partial charge in [-0.1, -0.05) is 29.8 Å². The highest BCUT2D eigenvalue weighted by atomic mass is 35.5. The van der Waals surface area contributed by atoms with Gasteiger partial charge in [-0.2, -0.15) is 8.42 Å². The number of hydrogen-bond donors (Lipinski definition) is 0. The second-order valence-corrected chi connectivity index (χ2v) is 9.17. The van der Waals surface area contributed by atoms with Gasteiger partial charge in [0.25, 0.3) is 10.1 Å². The number of hydrogen-bond acceptors (Lipinski definition) is 5. The molecule has 1 fully saturated rings. The zero-order valence-corrected chi connectivity index (χ0v) is 16.7. The molecule has 0 radical (unpaired) electrons. The first-order chi connectivity index (χ1) is 11.4. The van der Waals surface area contributed by atoms with Crippen LogP contribution in [-0.2, 0) is 23.6 Å². The summed E-state index contributed by atoms with van der Waals surface area (Å²) in [7, 11) is -4.39. The quantitative estimate of drug-likeness (QED) is 0.324. The predicted molar refractivity (Wildman–Crippen MR) is 99.2 cm³/mol. The maximum Gasteiger partial charge on any atom is 0.481 e. The zero-order chi connectivity index (χ0) is 18.9. The summed E-state index contributed by atoms with van der Waals surface area (Å²) in [4.78, 5) is 0.125. The van der Waals surface area contributed by atoms with Crippen molar-refractivity contribution in [3.8, 4) is 0 Å². The monoisotopic (exact) mass is 386 g/mol. The molecule has 1 aromatic rings. The molecule has 5 nitrogen and oxygen atoms in total. The van der Waals surface area contributed by atoms with Crippen LogP contribution in [0.1, 0.15) is 33.3 Å². The predicted octanol–water partition coefficient (Wildman–Crippen LogP) is 3.50. The third-order valence-electron chi connectivity index (χ3n) is 4.48. The van der Waals surface area contributed by atoms with E-state index in [0.717, 1.165) is 5.56 Å². The standard InChI is InChI=1S/C17H24BClO5S/c1-13-8-10-14(11-9-13)25(20,21)22-12-6-7-15(19)18-23-16(2,3)17(4,5)24-18/h6-11,15H,12H2,1-5H3/b7-6+/t15-/m1/s1. The van der Waals surface area contributed by atoms with Crippen molar-refractivity contribution < 1.29 is 21.9 Å². The highest BCUT2D eigenvalue weighted by molar-refractivity contribution is 7.86. The van der Waals surface area contributed by atoms with E-state index in [4.69, 9.17) is 25.1 Å². The lowest BCUT2D eigenvalue weighted by Crippen LogP contribution is -2.41. The van der Waals surface area contributed by atoms with Crippen LogP contribution < -0.4 is 0 Å². The molecule has 0 spiro atoms. The van der Waals surface area contributed by atoms with E-state index in [9.17, 15) is 8.42 Å². The average molecular weight is 387 g/mol. The van der Waals surface area contributed by atoms with Gasteiger partial charge in [0, 0.05) is 0 Å². The Hall–Kier alpha value is -0.855. The normalized spacial score (nSPS) is 21.0. The summed E-state index contributed by atoms with van der Waals surface area (Å²) in [5.41, 5.74) is 0.0413. The van der Waals surface area contributed by atoms with E-state index in [1.54, 1.807) is 24.3 Å². The van der Waals surface area contributed by atoms with Crippen LogP contribution in [0.25, 0.3) is 0 Å². The summed E-state index contributed by atoms with van der Waals surface area (Å²) in [5.74, 6) is 0. The first-order valence-electron chi connectivity index (χ1n) is 8.07. The van der Waals surface area contributed by atoms with Crippen molar-refractivity contribution in [1.82, 2.24) is 0 Å². The molecule has 0 aromatic heterocycles. The van der Waals surface area contributed by atoms with Gasteiger partial charge in [0.15, 0.2) is 0 Å². The molecule has 1 atom stereocenters. The molecule has 0 aliphatic carbocycles. The summed E-state index contributed by atoms with van der Waals surface area (Å²) in [6.07, 6.45) is 3.17. The van der Waals surface area contributed by atoms with Gasteiger partial charge in [-0.15, -0.1) is 11.6 Å². The van der Waals surface area contributed by atoms with Crippen molar-refractivity contribution in [3.63, 3.8) is 0 Å². The molecule has 1 aliphatic heterocycles. The van der Waals surface area contributed by atoms with Crippen molar-refractivity contribution in [1.29, 1.82) is 0 Å². The molecule has 0 N–H and O–H groups in total. The molecule has 138 valence electrons. The van der Waals surface area contributed by atoms with Crippen LogP contribution >= 0.6 is 11.6 Å². The molecule has 1 aromatic carbocycles. The van der Waals surface area contributed by atoms with Crippen molar-refractivity contribution in [2.45, 2.75) is 56.0 Å². The fraction of sp³-hybridized carbons (Fsp3) is 0.529. The van der Waals surface area contributed by atoms with Crippen LogP contribution in [0.2, 0.25) is 0 Å². The zero-order valence-electron chi connectivity index (χ0n) is 15.2. The molecule has 8 heteroatoms. The van der Waals surface area contributed by atoms with Crippen LogP contribution in [0.5, 0.6) is 0 Å². The van der Waals surface area contributed by atoms with Gasteiger partial charge >= 0.3 is 7.12 Å². The molecule has 1 saturated heterocycles. The van der Waals surface area contributed by atoms with Gasteiger partial charge in [0.05, 0.1) is 28.0 Å². The van der Waals surface area contributed by atoms with Crippen molar-refractivity contribution >= 4 is 28.8 Å². The molecule has 25 heavy (non-hydrogen) atoms. The lowest BCUT2D eigenvalue weighted by molar-refractivity contribution is 0.00578. The number of allylic oxidation sites excluding steroid dienone is 1. The smallest absolute Gasteiger partial charge is 0.402 e. The minimum absolute atomic E-state index is 0.112. The fourth-order valence-electron chi connectivity index (χ4n) is 2.20. The van der Waals surface area contributed by atoms with Crippen LogP contribution in [0.4, 0.5) is 0 Å². The molecule has 0 saturated carbocycles. The largest absolute Gasteiger partial charge is 0.481 e. The minimum atomic E-state index is -3.79. The molecular weight excluding hydrogens is 363 g/mol. The summed E-state index contributed by atoms with van der Waals surface area (Å²) < 4.78 is 40.8. The van der Waals surface area contributed by atoms with E-state index in [2.05, 4.69) is 0 Å². The van der Waals surface area contributed by atoms with Crippen molar-refractivity contribution in [2.24, 2.45) is 0 Å². The highest BCUT2D eigenvalue weighted by Gasteiger charge is 2.53. The fourth-order valence-corrected chi connectivity index (χ4v) is 3.27. The molecular formula is C17H24BClO5S. The van der Waals surface area contributed by atoms with Crippen LogP contribution in [0.15, 0.2) is 41.3 Å². The Labute approximate surface area is 155 Å². The Kier molecular flexibility index (Phi) is 6.06. The molecule has 1 aliphatic rings. The van der Waals surface area contributed by atoms with E-state index < -0.39 is 33.7 Å². The summed E-state index contributed by atoms with van der Waals surface area (Å²) in [5, 5.41) is -0.549. The summed E-state index contributed by atoms with van der Waals surface area (Å²) in [6.45, 7) is 9.54. The lowest BCUT2D eigenvalue weighted by atomic mass is 9.84. The van der Waals surface area contributed by atoms with Gasteiger partial charge in [0.1, 0.15) is 0 Å². The molecule has 0 unspecified atom stereocenters. The Morgan fingerprint density at radius 1 is 1.16 bits per heavy atom. The van der Waals surface area contributed by atoms with Crippen LogP contribution in [0, 0.1) is 6.92 Å². The third kappa shape index (κ3) is 4.86. The summed E-state index contributed by atoms with van der Waals surface area (Å²) >= 11 is 6.28. The molecule has 1 heterocycles. The number of halogens is 1. The maximum atomic E-state index is 12.1. The lowest BCUT2D eigenvalue weighted by Gasteiger charge is -2.32. The topological polar surface area (TPSA) is 61.8 Å². The SMILES string of the molecule is Cc1ccc(S(=O)(=O)OC/C=C/[C@@H](Cl)B2OC(C)(C)C(C)(C)O2)cc1. The van der Waals surface area contributed by atoms with Crippen LogP contribution in [-0.4, -0.2) is 38.6 Å². The number of rotatable bonds is 6. The highest BCUT2D eigenvalue weighted by Crippen LogP contribution is 2.38. The Morgan fingerprint density at radius 3 is 2.20 bits per heavy atom. The molecule has 2 rings (SSSR count). The van der Waals surface area contributed by atoms with Gasteiger partial charge in [0.2, 0.25) is 0 Å². The Balaban J connectivity index is 1.90. The van der Waals surface area contributed by atoms with Gasteiger partial charge < -0.3 is 9.31 Å². The first kappa shape index (κ1) is 20.5. The van der Waals surface area contributed by atoms with Crippen molar-refractivity contribution in [2.75, 3.05) is 6.61 Å². The third-order valence-corrected chi connectivity index (χ3v) is 6.13. The second kappa shape index (κ2) is 7.41. The molecule has 0 amide bonds. The van der Waals surface area contributed by atoms with E-state index in [-0.39, 0.29) is 11.5 Å². The van der Waals surface area contributed by atoms with E-state index in [1.807, 2.05) is 34.6 Å². The van der Waals surface area contributed by atoms with Crippen LogP contribution in [0.3, 0.4) is 0 Å². The van der Waals surface area contributed by atoms with Gasteiger partial charge in [-0.3, -0.25) is 4.18 Å². The Morgan fingerprint density at radius 2 is 1.68 bits per heavy atom. The second-order valence-electron chi connectivity index (χ2n) is 7.05. The van der Waals surface area contributed by atoms with E-state index in [0.29, 0.717) is 0 Å².